The lowest BCUT2D eigenvalue weighted by Gasteiger charge is -2.20. The molecule has 1 atom stereocenters. The minimum atomic E-state index is -0.314. The number of likely N-dealkylation sites (tertiary alicyclic amines) is 1. The van der Waals surface area contributed by atoms with Crippen molar-refractivity contribution in [2.75, 3.05) is 32.9 Å². The van der Waals surface area contributed by atoms with Crippen LogP contribution in [-0.2, 0) is 6.54 Å². The molecule has 1 aliphatic heterocycles. The molecule has 1 aromatic rings. The molecule has 0 bridgehead atoms. The molecule has 1 aromatic carbocycles. The molecule has 1 heterocycles. The number of nitrogens with two attached hydrogens (primary N) is 1. The Labute approximate surface area is 102 Å². The molecule has 0 aromatic heterocycles. The summed E-state index contributed by atoms with van der Waals surface area (Å²) in [5, 5.41) is 0. The van der Waals surface area contributed by atoms with E-state index in [-0.39, 0.29) is 5.82 Å². The second-order valence-electron chi connectivity index (χ2n) is 4.95. The highest BCUT2D eigenvalue weighted by atomic mass is 19.1. The molecule has 4 heteroatoms. The fourth-order valence-electron chi connectivity index (χ4n) is 2.34. The predicted octanol–water partition coefficient (Wildman–Crippen LogP) is 1.54. The number of anilines is 1. The van der Waals surface area contributed by atoms with Gasteiger partial charge in [-0.2, -0.15) is 0 Å². The molecular weight excluding hydrogens is 217 g/mol. The van der Waals surface area contributed by atoms with Crippen LogP contribution in [0.3, 0.4) is 0 Å². The van der Waals surface area contributed by atoms with Crippen molar-refractivity contribution in [1.82, 2.24) is 9.80 Å². The zero-order chi connectivity index (χ0) is 12.4. The quantitative estimate of drug-likeness (QED) is 0.809. The van der Waals surface area contributed by atoms with Crippen molar-refractivity contribution < 1.29 is 4.39 Å². The van der Waals surface area contributed by atoms with Crippen LogP contribution in [0.2, 0.25) is 0 Å². The van der Waals surface area contributed by atoms with E-state index < -0.39 is 0 Å². The van der Waals surface area contributed by atoms with Crippen molar-refractivity contribution >= 4 is 5.69 Å². The van der Waals surface area contributed by atoms with Gasteiger partial charge in [-0.05, 0) is 32.1 Å². The lowest BCUT2D eigenvalue weighted by molar-refractivity contribution is 0.265. The van der Waals surface area contributed by atoms with E-state index in [1.165, 1.54) is 12.5 Å². The number of likely N-dealkylation sites (N-methyl/N-ethyl adjacent to an activating group) is 1. The van der Waals surface area contributed by atoms with Crippen molar-refractivity contribution in [3.8, 4) is 0 Å². The minimum Gasteiger partial charge on any atom is -0.396 e. The predicted molar refractivity (Wildman–Crippen MR) is 68.2 cm³/mol. The van der Waals surface area contributed by atoms with Crippen molar-refractivity contribution in [2.45, 2.75) is 19.0 Å². The monoisotopic (exact) mass is 237 g/mol. The van der Waals surface area contributed by atoms with Gasteiger partial charge in [0.25, 0.3) is 0 Å². The van der Waals surface area contributed by atoms with Gasteiger partial charge in [0, 0.05) is 25.7 Å². The van der Waals surface area contributed by atoms with E-state index in [1.807, 2.05) is 6.07 Å². The van der Waals surface area contributed by atoms with Crippen LogP contribution in [-0.4, -0.2) is 43.0 Å². The van der Waals surface area contributed by atoms with Crippen molar-refractivity contribution in [1.29, 1.82) is 0 Å². The molecule has 0 amide bonds. The van der Waals surface area contributed by atoms with Crippen molar-refractivity contribution in [3.05, 3.63) is 29.6 Å². The van der Waals surface area contributed by atoms with E-state index in [0.29, 0.717) is 11.7 Å². The zero-order valence-electron chi connectivity index (χ0n) is 10.5. The fourth-order valence-corrected chi connectivity index (χ4v) is 2.34. The Kier molecular flexibility index (Phi) is 3.64. The van der Waals surface area contributed by atoms with Gasteiger partial charge in [-0.15, -0.1) is 0 Å². The van der Waals surface area contributed by atoms with Crippen LogP contribution in [0.15, 0.2) is 18.2 Å². The number of nitrogens with zero attached hydrogens (tertiary/aromatic N) is 2. The summed E-state index contributed by atoms with van der Waals surface area (Å²) in [5.74, 6) is -0.314. The Balaban J connectivity index is 2.00. The van der Waals surface area contributed by atoms with Crippen LogP contribution < -0.4 is 5.73 Å². The summed E-state index contributed by atoms with van der Waals surface area (Å²) in [6.45, 7) is 2.83. The van der Waals surface area contributed by atoms with Gasteiger partial charge >= 0.3 is 0 Å². The zero-order valence-corrected chi connectivity index (χ0v) is 10.5. The molecule has 0 spiro atoms. The molecule has 2 rings (SSSR count). The van der Waals surface area contributed by atoms with Crippen molar-refractivity contribution in [3.63, 3.8) is 0 Å². The first-order valence-electron chi connectivity index (χ1n) is 5.99. The number of hydrogen-bond acceptors (Lipinski definition) is 3. The Morgan fingerprint density at radius 3 is 2.88 bits per heavy atom. The molecule has 0 radical (unpaired) electrons. The van der Waals surface area contributed by atoms with Crippen LogP contribution in [0.25, 0.3) is 0 Å². The van der Waals surface area contributed by atoms with Gasteiger partial charge in [0.2, 0.25) is 0 Å². The van der Waals surface area contributed by atoms with E-state index in [1.54, 1.807) is 6.07 Å². The van der Waals surface area contributed by atoms with E-state index in [0.717, 1.165) is 25.2 Å². The molecule has 1 saturated heterocycles. The molecule has 94 valence electrons. The number of halogens is 1. The van der Waals surface area contributed by atoms with Crippen molar-refractivity contribution in [2.24, 2.45) is 0 Å². The number of hydrogen-bond donors (Lipinski definition) is 1. The molecule has 1 unspecified atom stereocenters. The molecule has 2 N–H and O–H groups in total. The third kappa shape index (κ3) is 2.76. The normalized spacial score (nSPS) is 21.3. The molecular formula is C13H20FN3. The Bertz CT molecular complexity index is 392. The van der Waals surface area contributed by atoms with Gasteiger partial charge in [-0.25, -0.2) is 4.39 Å². The van der Waals surface area contributed by atoms with Gasteiger partial charge in [-0.1, -0.05) is 12.1 Å². The highest BCUT2D eigenvalue weighted by Crippen LogP contribution is 2.21. The number of rotatable bonds is 3. The third-order valence-electron chi connectivity index (χ3n) is 3.51. The van der Waals surface area contributed by atoms with Crippen LogP contribution in [0.1, 0.15) is 12.0 Å². The molecule has 0 saturated carbocycles. The van der Waals surface area contributed by atoms with Crippen LogP contribution in [0.5, 0.6) is 0 Å². The molecule has 17 heavy (non-hydrogen) atoms. The van der Waals surface area contributed by atoms with Crippen LogP contribution in [0.4, 0.5) is 10.1 Å². The van der Waals surface area contributed by atoms with E-state index in [9.17, 15) is 4.39 Å². The molecule has 0 aliphatic carbocycles. The lowest BCUT2D eigenvalue weighted by atomic mass is 10.1. The summed E-state index contributed by atoms with van der Waals surface area (Å²) in [6.07, 6.45) is 1.17. The van der Waals surface area contributed by atoms with E-state index >= 15 is 0 Å². The minimum absolute atomic E-state index is 0.292. The summed E-state index contributed by atoms with van der Waals surface area (Å²) < 4.78 is 13.3. The first-order chi connectivity index (χ1) is 8.08. The fraction of sp³-hybridized carbons (Fsp3) is 0.538. The van der Waals surface area contributed by atoms with Gasteiger partial charge in [0.15, 0.2) is 0 Å². The maximum absolute atomic E-state index is 13.3. The second-order valence-corrected chi connectivity index (χ2v) is 4.95. The first-order valence-corrected chi connectivity index (χ1v) is 5.99. The van der Waals surface area contributed by atoms with Gasteiger partial charge in [-0.3, -0.25) is 4.90 Å². The van der Waals surface area contributed by atoms with E-state index in [4.69, 9.17) is 5.73 Å². The largest absolute Gasteiger partial charge is 0.396 e. The maximum atomic E-state index is 13.3. The van der Waals surface area contributed by atoms with Crippen LogP contribution in [0, 0.1) is 5.82 Å². The summed E-state index contributed by atoms with van der Waals surface area (Å²) in [4.78, 5) is 4.57. The molecule has 1 aliphatic rings. The maximum Gasteiger partial charge on any atom is 0.146 e. The SMILES string of the molecule is CN(C)C1CCN(Cc2cccc(F)c2N)C1. The number of benzene rings is 1. The summed E-state index contributed by atoms with van der Waals surface area (Å²) >= 11 is 0. The molecule has 1 fully saturated rings. The highest BCUT2D eigenvalue weighted by Gasteiger charge is 2.24. The highest BCUT2D eigenvalue weighted by molar-refractivity contribution is 5.47. The van der Waals surface area contributed by atoms with E-state index in [2.05, 4.69) is 23.9 Å². The number of para-hydroxylation sites is 1. The smallest absolute Gasteiger partial charge is 0.146 e. The Morgan fingerprint density at radius 2 is 2.24 bits per heavy atom. The Hall–Kier alpha value is -1.13. The third-order valence-corrected chi connectivity index (χ3v) is 3.51. The standard InChI is InChI=1S/C13H20FN3/c1-16(2)11-6-7-17(9-11)8-10-4-3-5-12(14)13(10)15/h3-5,11H,6-9,15H2,1-2H3. The lowest BCUT2D eigenvalue weighted by Crippen LogP contribution is -2.31. The average molecular weight is 237 g/mol. The summed E-state index contributed by atoms with van der Waals surface area (Å²) in [7, 11) is 4.20. The number of nitrogen functional groups attached to an aromatic ring is 1. The first kappa shape index (κ1) is 12.3. The second kappa shape index (κ2) is 5.02. The van der Waals surface area contributed by atoms with Gasteiger partial charge in [0.1, 0.15) is 5.82 Å². The topological polar surface area (TPSA) is 32.5 Å². The van der Waals surface area contributed by atoms with Gasteiger partial charge in [0.05, 0.1) is 5.69 Å². The average Bonchev–Trinajstić information content (AvgIpc) is 2.73. The Morgan fingerprint density at radius 1 is 1.47 bits per heavy atom. The van der Waals surface area contributed by atoms with Crippen LogP contribution >= 0.6 is 0 Å². The van der Waals surface area contributed by atoms with Gasteiger partial charge < -0.3 is 10.6 Å². The summed E-state index contributed by atoms with van der Waals surface area (Å²) in [5.41, 5.74) is 6.93. The summed E-state index contributed by atoms with van der Waals surface area (Å²) in [6, 6.07) is 5.64. The molecule has 3 nitrogen and oxygen atoms in total.